The molecular formula is C15H22ClNO. The van der Waals surface area contributed by atoms with E-state index in [1.807, 2.05) is 6.08 Å². The number of nitrogens with zero attached hydrogens (tertiary/aromatic N) is 1. The summed E-state index contributed by atoms with van der Waals surface area (Å²) < 4.78 is 0. The SMILES string of the molecule is CCC(C)C1=C/CCC/C(CCl)=C/C(C(C)=O)=N\1. The second kappa shape index (κ2) is 7.52. The molecule has 0 aromatic rings. The van der Waals surface area contributed by atoms with Crippen molar-refractivity contribution in [3.8, 4) is 0 Å². The molecule has 1 rings (SSSR count). The Bertz CT molecular complexity index is 393. The van der Waals surface area contributed by atoms with Gasteiger partial charge in [0.25, 0.3) is 0 Å². The number of Topliss-reactive ketones (excluding diaryl/α,β-unsaturated/α-hetero) is 1. The number of halogens is 1. The van der Waals surface area contributed by atoms with Crippen molar-refractivity contribution < 1.29 is 4.79 Å². The Kier molecular flexibility index (Phi) is 6.34. The highest BCUT2D eigenvalue weighted by Crippen LogP contribution is 2.21. The summed E-state index contributed by atoms with van der Waals surface area (Å²) >= 11 is 5.90. The Labute approximate surface area is 115 Å². The lowest BCUT2D eigenvalue weighted by molar-refractivity contribution is -0.111. The molecule has 0 amide bonds. The van der Waals surface area contributed by atoms with Gasteiger partial charge in [0.05, 0.1) is 0 Å². The van der Waals surface area contributed by atoms with Gasteiger partial charge in [-0.05, 0) is 37.7 Å². The Hall–Kier alpha value is -0.890. The van der Waals surface area contributed by atoms with Crippen LogP contribution in [0.2, 0.25) is 0 Å². The topological polar surface area (TPSA) is 29.4 Å². The maximum atomic E-state index is 11.6. The first-order chi connectivity index (χ1) is 8.58. The first-order valence-electron chi connectivity index (χ1n) is 6.63. The largest absolute Gasteiger partial charge is 0.293 e. The van der Waals surface area contributed by atoms with Crippen LogP contribution in [0.3, 0.4) is 0 Å². The predicted molar refractivity (Wildman–Crippen MR) is 78.3 cm³/mol. The van der Waals surface area contributed by atoms with Gasteiger partial charge in [0.2, 0.25) is 0 Å². The normalized spacial score (nSPS) is 27.4. The Morgan fingerprint density at radius 3 is 2.83 bits per heavy atom. The fourth-order valence-corrected chi connectivity index (χ4v) is 2.08. The van der Waals surface area contributed by atoms with Crippen LogP contribution in [0.4, 0.5) is 0 Å². The molecule has 1 heterocycles. The molecule has 3 heteroatoms. The maximum absolute atomic E-state index is 11.6. The van der Waals surface area contributed by atoms with Gasteiger partial charge in [-0.2, -0.15) is 0 Å². The van der Waals surface area contributed by atoms with E-state index >= 15 is 0 Å². The minimum Gasteiger partial charge on any atom is -0.293 e. The lowest BCUT2D eigenvalue weighted by Crippen LogP contribution is -2.10. The van der Waals surface area contributed by atoms with Gasteiger partial charge < -0.3 is 0 Å². The zero-order valence-electron chi connectivity index (χ0n) is 11.5. The molecule has 2 nitrogen and oxygen atoms in total. The molecule has 100 valence electrons. The van der Waals surface area contributed by atoms with Crippen molar-refractivity contribution in [2.75, 3.05) is 5.88 Å². The Morgan fingerprint density at radius 1 is 1.56 bits per heavy atom. The third-order valence-electron chi connectivity index (χ3n) is 3.30. The zero-order valence-corrected chi connectivity index (χ0v) is 12.3. The van der Waals surface area contributed by atoms with Crippen LogP contribution >= 0.6 is 11.6 Å². The molecule has 1 unspecified atom stereocenters. The Balaban J connectivity index is 3.14. The highest BCUT2D eigenvalue weighted by Gasteiger charge is 2.12. The highest BCUT2D eigenvalue weighted by atomic mass is 35.5. The van der Waals surface area contributed by atoms with Gasteiger partial charge in [0.15, 0.2) is 5.78 Å². The minimum absolute atomic E-state index is 0.00807. The van der Waals surface area contributed by atoms with Gasteiger partial charge in [-0.25, -0.2) is 4.99 Å². The van der Waals surface area contributed by atoms with Crippen LogP contribution in [0, 0.1) is 5.92 Å². The van der Waals surface area contributed by atoms with E-state index in [4.69, 9.17) is 11.6 Å². The molecule has 0 fully saturated rings. The average molecular weight is 268 g/mol. The number of ketones is 1. The second-order valence-electron chi connectivity index (χ2n) is 4.82. The lowest BCUT2D eigenvalue weighted by Gasteiger charge is -2.10. The van der Waals surface area contributed by atoms with Crippen LogP contribution in [0.15, 0.2) is 28.4 Å². The first-order valence-corrected chi connectivity index (χ1v) is 7.17. The van der Waals surface area contributed by atoms with Gasteiger partial charge in [0.1, 0.15) is 5.71 Å². The average Bonchev–Trinajstić information content (AvgIpc) is 2.47. The quantitative estimate of drug-likeness (QED) is 0.699. The van der Waals surface area contributed by atoms with Crippen molar-refractivity contribution >= 4 is 23.1 Å². The van der Waals surface area contributed by atoms with Gasteiger partial charge >= 0.3 is 0 Å². The summed E-state index contributed by atoms with van der Waals surface area (Å²) in [5.41, 5.74) is 2.68. The number of carbonyl (C=O) groups is 1. The van der Waals surface area contributed by atoms with E-state index in [1.54, 1.807) is 6.92 Å². The Morgan fingerprint density at radius 2 is 2.28 bits per heavy atom. The minimum atomic E-state index is 0.00807. The lowest BCUT2D eigenvalue weighted by atomic mass is 10.0. The summed E-state index contributed by atoms with van der Waals surface area (Å²) in [6.07, 6.45) is 8.09. The number of carbonyl (C=O) groups excluding carboxylic acids is 1. The van der Waals surface area contributed by atoms with Crippen molar-refractivity contribution in [1.82, 2.24) is 0 Å². The molecule has 1 aliphatic rings. The molecular weight excluding hydrogens is 246 g/mol. The van der Waals surface area contributed by atoms with Crippen molar-refractivity contribution in [3.63, 3.8) is 0 Å². The van der Waals surface area contributed by atoms with E-state index in [9.17, 15) is 4.79 Å². The summed E-state index contributed by atoms with van der Waals surface area (Å²) in [5, 5.41) is 0. The summed E-state index contributed by atoms with van der Waals surface area (Å²) in [6.45, 7) is 5.85. The highest BCUT2D eigenvalue weighted by molar-refractivity contribution is 6.44. The molecule has 1 aliphatic heterocycles. The summed E-state index contributed by atoms with van der Waals surface area (Å²) in [5.74, 6) is 0.879. The number of rotatable bonds is 4. The van der Waals surface area contributed by atoms with Crippen LogP contribution in [0.25, 0.3) is 0 Å². The number of alkyl halides is 1. The molecule has 0 N–H and O–H groups in total. The van der Waals surface area contributed by atoms with Gasteiger partial charge in [0, 0.05) is 18.5 Å². The fourth-order valence-electron chi connectivity index (χ4n) is 1.87. The van der Waals surface area contributed by atoms with E-state index in [2.05, 4.69) is 24.9 Å². The van der Waals surface area contributed by atoms with Crippen LogP contribution in [0.5, 0.6) is 0 Å². The van der Waals surface area contributed by atoms with Gasteiger partial charge in [-0.3, -0.25) is 4.79 Å². The van der Waals surface area contributed by atoms with Crippen molar-refractivity contribution in [3.05, 3.63) is 23.4 Å². The van der Waals surface area contributed by atoms with E-state index in [0.29, 0.717) is 17.5 Å². The van der Waals surface area contributed by atoms with Crippen molar-refractivity contribution in [2.45, 2.75) is 46.5 Å². The third kappa shape index (κ3) is 4.41. The van der Waals surface area contributed by atoms with Crippen molar-refractivity contribution in [1.29, 1.82) is 0 Å². The van der Waals surface area contributed by atoms with E-state index in [1.165, 1.54) is 0 Å². The molecule has 0 aromatic carbocycles. The molecule has 0 aromatic heterocycles. The van der Waals surface area contributed by atoms with E-state index in [-0.39, 0.29) is 5.78 Å². The summed E-state index contributed by atoms with van der Waals surface area (Å²) in [6, 6.07) is 0. The number of allylic oxidation sites excluding steroid dienone is 4. The molecule has 0 bridgehead atoms. The third-order valence-corrected chi connectivity index (χ3v) is 3.64. The maximum Gasteiger partial charge on any atom is 0.178 e. The molecule has 0 aliphatic carbocycles. The summed E-state index contributed by atoms with van der Waals surface area (Å²) in [7, 11) is 0. The molecule has 1 atom stereocenters. The van der Waals surface area contributed by atoms with Crippen molar-refractivity contribution in [2.24, 2.45) is 10.9 Å². The predicted octanol–water partition coefficient (Wildman–Crippen LogP) is 4.30. The number of aliphatic imine (C=N–C) groups is 1. The number of hydrogen-bond acceptors (Lipinski definition) is 2. The van der Waals surface area contributed by atoms with Crippen LogP contribution < -0.4 is 0 Å². The zero-order chi connectivity index (χ0) is 13.5. The van der Waals surface area contributed by atoms with E-state index in [0.717, 1.165) is 37.0 Å². The summed E-state index contributed by atoms with van der Waals surface area (Å²) in [4.78, 5) is 16.2. The van der Waals surface area contributed by atoms with Gasteiger partial charge in [-0.15, -0.1) is 11.6 Å². The fraction of sp³-hybridized carbons (Fsp3) is 0.600. The van der Waals surface area contributed by atoms with Crippen LogP contribution in [-0.4, -0.2) is 17.4 Å². The first kappa shape index (κ1) is 15.2. The smallest absolute Gasteiger partial charge is 0.178 e. The van der Waals surface area contributed by atoms with Gasteiger partial charge in [-0.1, -0.05) is 25.5 Å². The number of hydrogen-bond donors (Lipinski definition) is 0. The standard InChI is InChI=1S/C15H22ClNO/c1-4-11(2)14-8-6-5-7-13(10-16)9-15(17-14)12(3)18/h8-9,11H,4-7,10H2,1-3H3/b13-9-,14-8-,17-15+. The van der Waals surface area contributed by atoms with E-state index < -0.39 is 0 Å². The van der Waals surface area contributed by atoms with Crippen LogP contribution in [-0.2, 0) is 4.79 Å². The second-order valence-corrected chi connectivity index (χ2v) is 5.09. The van der Waals surface area contributed by atoms with Crippen LogP contribution in [0.1, 0.15) is 46.5 Å². The monoisotopic (exact) mass is 267 g/mol. The molecule has 0 saturated carbocycles. The molecule has 18 heavy (non-hydrogen) atoms. The molecule has 0 spiro atoms. The molecule has 0 radical (unpaired) electrons. The molecule has 0 saturated heterocycles.